The predicted octanol–water partition coefficient (Wildman–Crippen LogP) is 2.84. The van der Waals surface area contributed by atoms with Gasteiger partial charge in [0.05, 0.1) is 25.6 Å². The van der Waals surface area contributed by atoms with E-state index in [1.165, 1.54) is 6.20 Å². The van der Waals surface area contributed by atoms with Gasteiger partial charge in [0.15, 0.2) is 11.5 Å². The Kier molecular flexibility index (Phi) is 4.96. The summed E-state index contributed by atoms with van der Waals surface area (Å²) >= 11 is 0. The van der Waals surface area contributed by atoms with Gasteiger partial charge in [-0.25, -0.2) is 9.50 Å². The van der Waals surface area contributed by atoms with Gasteiger partial charge in [0.1, 0.15) is 11.3 Å². The molecule has 0 saturated heterocycles. The van der Waals surface area contributed by atoms with E-state index in [2.05, 4.69) is 25.6 Å². The molecule has 0 fully saturated rings. The van der Waals surface area contributed by atoms with Crippen molar-refractivity contribution in [3.8, 4) is 16.9 Å². The predicted molar refractivity (Wildman–Crippen MR) is 107 cm³/mol. The first kappa shape index (κ1) is 18.6. The third kappa shape index (κ3) is 3.55. The molecule has 0 bridgehead atoms. The molecule has 0 spiro atoms. The Hall–Kier alpha value is -3.72. The second-order valence-electron chi connectivity index (χ2n) is 6.50. The number of carbonyl (C=O) groups is 1. The lowest BCUT2D eigenvalue weighted by Gasteiger charge is -2.08. The molecule has 0 saturated carbocycles. The van der Waals surface area contributed by atoms with Crippen LogP contribution in [-0.2, 0) is 11.3 Å². The van der Waals surface area contributed by atoms with Crippen molar-refractivity contribution < 1.29 is 14.3 Å². The van der Waals surface area contributed by atoms with E-state index in [1.807, 2.05) is 37.4 Å². The molecule has 29 heavy (non-hydrogen) atoms. The van der Waals surface area contributed by atoms with E-state index in [4.69, 9.17) is 9.47 Å². The molecular formula is C20H20N6O3. The van der Waals surface area contributed by atoms with Crippen LogP contribution in [0.4, 0.5) is 5.82 Å². The lowest BCUT2D eigenvalue weighted by atomic mass is 10.1. The van der Waals surface area contributed by atoms with Crippen molar-refractivity contribution in [2.75, 3.05) is 19.5 Å². The molecule has 9 heteroatoms. The average Bonchev–Trinajstić information content (AvgIpc) is 3.32. The van der Waals surface area contributed by atoms with Gasteiger partial charge in [-0.1, -0.05) is 12.1 Å². The molecule has 4 rings (SSSR count). The quantitative estimate of drug-likeness (QED) is 0.523. The lowest BCUT2D eigenvalue weighted by Crippen LogP contribution is -2.13. The molecule has 3 aromatic heterocycles. The van der Waals surface area contributed by atoms with Crippen LogP contribution in [0, 0.1) is 6.92 Å². The van der Waals surface area contributed by atoms with Gasteiger partial charge in [0, 0.05) is 25.1 Å². The molecule has 0 aliphatic rings. The number of anilines is 1. The minimum absolute atomic E-state index is 0.321. The van der Waals surface area contributed by atoms with Crippen LogP contribution in [0.1, 0.15) is 21.6 Å². The van der Waals surface area contributed by atoms with Gasteiger partial charge in [-0.15, -0.1) is 0 Å². The highest BCUT2D eigenvalue weighted by molar-refractivity contribution is 6.09. The third-order valence-electron chi connectivity index (χ3n) is 4.47. The highest BCUT2D eigenvalue weighted by Crippen LogP contribution is 2.32. The van der Waals surface area contributed by atoms with Crippen molar-refractivity contribution >= 4 is 17.4 Å². The van der Waals surface area contributed by atoms with Gasteiger partial charge >= 0.3 is 0 Å². The summed E-state index contributed by atoms with van der Waals surface area (Å²) in [4.78, 5) is 17.2. The van der Waals surface area contributed by atoms with Crippen LogP contribution >= 0.6 is 0 Å². The molecule has 1 aromatic carbocycles. The smallest absolute Gasteiger partial charge is 0.262 e. The van der Waals surface area contributed by atoms with E-state index < -0.39 is 0 Å². The summed E-state index contributed by atoms with van der Waals surface area (Å²) in [6.45, 7) is 2.23. The van der Waals surface area contributed by atoms with E-state index in [9.17, 15) is 4.79 Å². The lowest BCUT2D eigenvalue weighted by molar-refractivity contribution is 0.102. The third-order valence-corrected chi connectivity index (χ3v) is 4.47. The Labute approximate surface area is 166 Å². The molecule has 4 aromatic rings. The minimum atomic E-state index is -0.346. The summed E-state index contributed by atoms with van der Waals surface area (Å²) in [5.41, 5.74) is 4.17. The molecule has 0 radical (unpaired) electrons. The molecular weight excluding hydrogens is 372 g/mol. The van der Waals surface area contributed by atoms with E-state index in [0.29, 0.717) is 23.6 Å². The van der Waals surface area contributed by atoms with Crippen molar-refractivity contribution in [3.05, 3.63) is 59.7 Å². The number of nitrogens with one attached hydrogen (secondary N) is 2. The Morgan fingerprint density at radius 2 is 2.00 bits per heavy atom. The van der Waals surface area contributed by atoms with Gasteiger partial charge in [-0.05, 0) is 30.2 Å². The Morgan fingerprint density at radius 3 is 2.72 bits per heavy atom. The molecule has 0 atom stereocenters. The largest absolute Gasteiger partial charge is 0.497 e. The Morgan fingerprint density at radius 1 is 1.21 bits per heavy atom. The topological polar surface area (TPSA) is 106 Å². The number of fused-ring (bicyclic) bond motifs is 1. The zero-order valence-corrected chi connectivity index (χ0v) is 16.3. The van der Waals surface area contributed by atoms with Crippen LogP contribution < -0.4 is 10.1 Å². The highest BCUT2D eigenvalue weighted by Gasteiger charge is 2.20. The maximum Gasteiger partial charge on any atom is 0.262 e. The van der Waals surface area contributed by atoms with E-state index in [1.54, 1.807) is 24.9 Å². The van der Waals surface area contributed by atoms with Crippen LogP contribution in [0.2, 0.25) is 0 Å². The summed E-state index contributed by atoms with van der Waals surface area (Å²) in [5.74, 6) is 0.795. The monoisotopic (exact) mass is 392 g/mol. The average molecular weight is 392 g/mol. The second kappa shape index (κ2) is 7.72. The molecule has 9 nitrogen and oxygen atoms in total. The number of carbonyl (C=O) groups excluding carboxylic acids is 1. The fourth-order valence-corrected chi connectivity index (χ4v) is 3.09. The number of rotatable bonds is 6. The highest BCUT2D eigenvalue weighted by atomic mass is 16.5. The van der Waals surface area contributed by atoms with E-state index in [-0.39, 0.29) is 5.91 Å². The standard InChI is InChI=1S/C20H20N6O3/c1-12-8-21-19-15(9-22-26(19)10-12)20(27)23-18-17(16(11-28-2)24-25-18)13-4-6-14(29-3)7-5-13/h4-10H,11H2,1-3H3,(H2,23,24,25,27). The maximum atomic E-state index is 12.9. The summed E-state index contributed by atoms with van der Waals surface area (Å²) in [5, 5.41) is 14.3. The number of aryl methyl sites for hydroxylation is 1. The number of hydrogen-bond donors (Lipinski definition) is 2. The molecule has 0 aliphatic carbocycles. The van der Waals surface area contributed by atoms with Gasteiger partial charge < -0.3 is 14.8 Å². The molecule has 0 aliphatic heterocycles. The van der Waals surface area contributed by atoms with Crippen molar-refractivity contribution in [1.82, 2.24) is 24.8 Å². The summed E-state index contributed by atoms with van der Waals surface area (Å²) in [7, 11) is 3.21. The number of aromatic amines is 1. The van der Waals surface area contributed by atoms with Crippen LogP contribution in [0.25, 0.3) is 16.8 Å². The van der Waals surface area contributed by atoms with Crippen molar-refractivity contribution in [1.29, 1.82) is 0 Å². The fourth-order valence-electron chi connectivity index (χ4n) is 3.09. The number of benzene rings is 1. The first-order chi connectivity index (χ1) is 14.1. The van der Waals surface area contributed by atoms with Gasteiger partial charge in [-0.3, -0.25) is 9.89 Å². The zero-order valence-electron chi connectivity index (χ0n) is 16.3. The number of hydrogen-bond acceptors (Lipinski definition) is 6. The Balaban J connectivity index is 1.69. The molecule has 148 valence electrons. The SMILES string of the molecule is COCc1[nH]nc(NC(=O)c2cnn3cc(C)cnc23)c1-c1ccc(OC)cc1. The van der Waals surface area contributed by atoms with Crippen LogP contribution in [0.15, 0.2) is 42.9 Å². The number of methoxy groups -OCH3 is 2. The number of aromatic nitrogens is 5. The van der Waals surface area contributed by atoms with Crippen molar-refractivity contribution in [2.24, 2.45) is 0 Å². The first-order valence-corrected chi connectivity index (χ1v) is 8.92. The van der Waals surface area contributed by atoms with Crippen LogP contribution in [-0.4, -0.2) is 44.9 Å². The number of ether oxygens (including phenoxy) is 2. The zero-order chi connectivity index (χ0) is 20.4. The summed E-state index contributed by atoms with van der Waals surface area (Å²) in [6, 6.07) is 7.50. The van der Waals surface area contributed by atoms with Gasteiger partial charge in [0.2, 0.25) is 0 Å². The second-order valence-corrected chi connectivity index (χ2v) is 6.50. The molecule has 0 unspecified atom stereocenters. The first-order valence-electron chi connectivity index (χ1n) is 8.92. The van der Waals surface area contributed by atoms with Gasteiger partial charge in [-0.2, -0.15) is 10.2 Å². The number of H-pyrrole nitrogens is 1. The molecule has 2 N–H and O–H groups in total. The minimum Gasteiger partial charge on any atom is -0.497 e. The van der Waals surface area contributed by atoms with E-state index >= 15 is 0 Å². The van der Waals surface area contributed by atoms with Crippen molar-refractivity contribution in [2.45, 2.75) is 13.5 Å². The fraction of sp³-hybridized carbons (Fsp3) is 0.200. The number of nitrogens with zero attached hydrogens (tertiary/aromatic N) is 4. The Bertz CT molecular complexity index is 1160. The molecule has 1 amide bonds. The van der Waals surface area contributed by atoms with Crippen LogP contribution in [0.3, 0.4) is 0 Å². The maximum absolute atomic E-state index is 12.9. The van der Waals surface area contributed by atoms with Crippen LogP contribution in [0.5, 0.6) is 5.75 Å². The van der Waals surface area contributed by atoms with E-state index in [0.717, 1.165) is 28.1 Å². The normalized spacial score (nSPS) is 11.0. The number of amides is 1. The molecule has 3 heterocycles. The summed E-state index contributed by atoms with van der Waals surface area (Å²) < 4.78 is 12.1. The summed E-state index contributed by atoms with van der Waals surface area (Å²) in [6.07, 6.45) is 5.00. The van der Waals surface area contributed by atoms with Gasteiger partial charge in [0.25, 0.3) is 5.91 Å². The van der Waals surface area contributed by atoms with Crippen molar-refractivity contribution in [3.63, 3.8) is 0 Å².